The van der Waals surface area contributed by atoms with Gasteiger partial charge in [-0.15, -0.1) is 13.2 Å². The Hall–Kier alpha value is -3.90. The summed E-state index contributed by atoms with van der Waals surface area (Å²) in [4.78, 5) is 24.3. The third-order valence-corrected chi connectivity index (χ3v) is 6.99. The molecule has 0 amide bonds. The lowest BCUT2D eigenvalue weighted by atomic mass is 9.87. The van der Waals surface area contributed by atoms with E-state index >= 15 is 0 Å². The van der Waals surface area contributed by atoms with Crippen molar-refractivity contribution < 1.29 is 23.0 Å². The molecule has 0 unspecified atom stereocenters. The number of ether oxygens (including phenoxy) is 1. The molecule has 0 spiro atoms. The maximum absolute atomic E-state index is 13.2. The van der Waals surface area contributed by atoms with Crippen LogP contribution in [0, 0.1) is 5.92 Å². The Morgan fingerprint density at radius 2 is 1.90 bits per heavy atom. The molecular weight excluding hydrogens is 513 g/mol. The molecule has 0 radical (unpaired) electrons. The van der Waals surface area contributed by atoms with E-state index in [4.69, 9.17) is 5.73 Å². The van der Waals surface area contributed by atoms with Gasteiger partial charge in [0.1, 0.15) is 11.3 Å². The van der Waals surface area contributed by atoms with E-state index in [2.05, 4.69) is 25.0 Å². The number of alkyl halides is 3. The number of H-pyrrole nitrogens is 1. The highest BCUT2D eigenvalue weighted by molar-refractivity contribution is 5.71. The summed E-state index contributed by atoms with van der Waals surface area (Å²) in [5.41, 5.74) is 8.27. The summed E-state index contributed by atoms with van der Waals surface area (Å²) in [5, 5.41) is 12.9. The SMILES string of the molecule is NCc1cccc(-c2ccc(OC(F)(F)F)c(Cn3c(=O)[nH]c4cnc(NC[C@H]5CC[C@H](O)CC5)nc43)c2)c1. The van der Waals surface area contributed by atoms with E-state index in [0.717, 1.165) is 36.8 Å². The van der Waals surface area contributed by atoms with Gasteiger partial charge in [-0.3, -0.25) is 4.57 Å². The van der Waals surface area contributed by atoms with Crippen LogP contribution in [0.4, 0.5) is 19.1 Å². The fourth-order valence-electron chi connectivity index (χ4n) is 4.92. The number of hydrogen-bond donors (Lipinski definition) is 4. The molecule has 12 heteroatoms. The normalized spacial score (nSPS) is 17.9. The average Bonchev–Trinajstić information content (AvgIpc) is 3.22. The van der Waals surface area contributed by atoms with Gasteiger partial charge in [0.2, 0.25) is 5.95 Å². The predicted octanol–water partition coefficient (Wildman–Crippen LogP) is 4.16. The Morgan fingerprint density at radius 3 is 2.64 bits per heavy atom. The summed E-state index contributed by atoms with van der Waals surface area (Å²) in [6.07, 6.45) is -0.416. The van der Waals surface area contributed by atoms with Gasteiger partial charge in [-0.05, 0) is 66.5 Å². The molecule has 1 aliphatic rings. The molecule has 0 aliphatic heterocycles. The Bertz CT molecular complexity index is 1510. The summed E-state index contributed by atoms with van der Waals surface area (Å²) in [6, 6.07) is 11.7. The Balaban J connectivity index is 1.46. The Morgan fingerprint density at radius 1 is 1.13 bits per heavy atom. The molecule has 2 aromatic carbocycles. The predicted molar refractivity (Wildman–Crippen MR) is 140 cm³/mol. The van der Waals surface area contributed by atoms with Crippen LogP contribution in [0.2, 0.25) is 0 Å². The Kier molecular flexibility index (Phi) is 7.58. The van der Waals surface area contributed by atoms with Crippen LogP contribution in [0.3, 0.4) is 0 Å². The summed E-state index contributed by atoms with van der Waals surface area (Å²) in [5.74, 6) is 0.263. The van der Waals surface area contributed by atoms with Crippen molar-refractivity contribution in [2.75, 3.05) is 11.9 Å². The molecule has 0 bridgehead atoms. The van der Waals surface area contributed by atoms with E-state index in [0.29, 0.717) is 36.0 Å². The van der Waals surface area contributed by atoms with Crippen LogP contribution in [-0.2, 0) is 13.1 Å². The molecule has 0 saturated heterocycles. The highest BCUT2D eigenvalue weighted by Crippen LogP contribution is 2.32. The van der Waals surface area contributed by atoms with Gasteiger partial charge in [-0.25, -0.2) is 9.78 Å². The second-order valence-corrected chi connectivity index (χ2v) is 9.78. The van der Waals surface area contributed by atoms with Gasteiger partial charge in [0.05, 0.1) is 18.8 Å². The van der Waals surface area contributed by atoms with Crippen molar-refractivity contribution in [3.8, 4) is 16.9 Å². The summed E-state index contributed by atoms with van der Waals surface area (Å²) in [7, 11) is 0. The van der Waals surface area contributed by atoms with Crippen molar-refractivity contribution in [1.82, 2.24) is 19.5 Å². The topological polar surface area (TPSA) is 131 Å². The number of aliphatic hydroxyl groups excluding tert-OH is 1. The van der Waals surface area contributed by atoms with Crippen LogP contribution >= 0.6 is 0 Å². The second-order valence-electron chi connectivity index (χ2n) is 9.78. The zero-order valence-corrected chi connectivity index (χ0v) is 21.0. The van der Waals surface area contributed by atoms with Crippen LogP contribution in [0.15, 0.2) is 53.5 Å². The van der Waals surface area contributed by atoms with Crippen LogP contribution < -0.4 is 21.5 Å². The van der Waals surface area contributed by atoms with E-state index < -0.39 is 17.8 Å². The zero-order chi connectivity index (χ0) is 27.6. The van der Waals surface area contributed by atoms with Crippen LogP contribution in [0.5, 0.6) is 5.75 Å². The molecule has 0 atom stereocenters. The number of halogens is 3. The molecule has 39 heavy (non-hydrogen) atoms. The number of fused-ring (bicyclic) bond motifs is 1. The van der Waals surface area contributed by atoms with Crippen LogP contribution in [-0.4, -0.2) is 43.6 Å². The largest absolute Gasteiger partial charge is 0.573 e. The number of benzene rings is 2. The Labute approximate surface area is 221 Å². The quantitative estimate of drug-likeness (QED) is 0.263. The van der Waals surface area contributed by atoms with E-state index in [1.54, 1.807) is 6.07 Å². The van der Waals surface area contributed by atoms with Gasteiger partial charge >= 0.3 is 12.1 Å². The first kappa shape index (κ1) is 26.7. The highest BCUT2D eigenvalue weighted by Gasteiger charge is 2.32. The number of aromatic amines is 1. The first-order chi connectivity index (χ1) is 18.7. The summed E-state index contributed by atoms with van der Waals surface area (Å²) in [6.45, 7) is 0.714. The van der Waals surface area contributed by atoms with Crippen molar-refractivity contribution >= 4 is 17.1 Å². The monoisotopic (exact) mass is 542 g/mol. The van der Waals surface area contributed by atoms with E-state index in [9.17, 15) is 23.1 Å². The molecule has 2 heterocycles. The number of rotatable bonds is 8. The van der Waals surface area contributed by atoms with Crippen molar-refractivity contribution in [2.24, 2.45) is 11.7 Å². The molecule has 206 valence electrons. The number of nitrogens with one attached hydrogen (secondary N) is 2. The lowest BCUT2D eigenvalue weighted by Gasteiger charge is -2.25. The van der Waals surface area contributed by atoms with Gasteiger partial charge in [0.25, 0.3) is 0 Å². The number of aromatic nitrogens is 4. The number of aliphatic hydroxyl groups is 1. The summed E-state index contributed by atoms with van der Waals surface area (Å²) < 4.78 is 45.2. The van der Waals surface area contributed by atoms with E-state index in [1.165, 1.54) is 22.9 Å². The molecule has 1 aliphatic carbocycles. The minimum atomic E-state index is -4.91. The molecule has 9 nitrogen and oxygen atoms in total. The smallest absolute Gasteiger partial charge is 0.405 e. The lowest BCUT2D eigenvalue weighted by molar-refractivity contribution is -0.274. The van der Waals surface area contributed by atoms with Gasteiger partial charge in [-0.2, -0.15) is 4.98 Å². The molecule has 4 aromatic rings. The highest BCUT2D eigenvalue weighted by atomic mass is 19.4. The molecule has 1 fully saturated rings. The van der Waals surface area contributed by atoms with Crippen molar-refractivity contribution in [3.63, 3.8) is 0 Å². The maximum atomic E-state index is 13.2. The zero-order valence-electron chi connectivity index (χ0n) is 21.0. The number of anilines is 1. The minimum Gasteiger partial charge on any atom is -0.405 e. The molecule has 1 saturated carbocycles. The lowest BCUT2D eigenvalue weighted by Crippen LogP contribution is -2.24. The first-order valence-corrected chi connectivity index (χ1v) is 12.7. The van der Waals surface area contributed by atoms with Crippen LogP contribution in [0.1, 0.15) is 36.8 Å². The third-order valence-electron chi connectivity index (χ3n) is 6.99. The molecule has 5 rings (SSSR count). The average molecular weight is 543 g/mol. The van der Waals surface area contributed by atoms with Crippen molar-refractivity contribution in [2.45, 2.75) is 51.2 Å². The second kappa shape index (κ2) is 11.1. The number of hydrogen-bond acceptors (Lipinski definition) is 7. The number of imidazole rings is 1. The number of nitrogens with two attached hydrogens (primary N) is 1. The fraction of sp³-hybridized carbons (Fsp3) is 0.370. The van der Waals surface area contributed by atoms with Gasteiger partial charge in [-0.1, -0.05) is 24.3 Å². The van der Waals surface area contributed by atoms with E-state index in [-0.39, 0.29) is 23.9 Å². The molecular formula is C27H29F3N6O3. The van der Waals surface area contributed by atoms with Gasteiger partial charge < -0.3 is 25.9 Å². The van der Waals surface area contributed by atoms with Gasteiger partial charge in [0, 0.05) is 18.7 Å². The fourth-order valence-corrected chi connectivity index (χ4v) is 4.92. The number of nitrogens with zero attached hydrogens (tertiary/aromatic N) is 3. The first-order valence-electron chi connectivity index (χ1n) is 12.7. The standard InChI is InChI=1S/C27H29F3N6O3/c28-27(29,30)39-23-9-6-19(18-3-1-2-17(10-18)12-31)11-20(23)15-36-24-22(34-26(36)38)14-33-25(35-24)32-13-16-4-7-21(37)8-5-16/h1-3,6,9-11,14,16,21,37H,4-5,7-8,12-13,15,31H2,(H,34,38)(H,32,33,35)/t16-,21-. The van der Waals surface area contributed by atoms with Crippen molar-refractivity contribution in [3.05, 3.63) is 70.3 Å². The summed E-state index contributed by atoms with van der Waals surface area (Å²) >= 11 is 0. The maximum Gasteiger partial charge on any atom is 0.573 e. The molecule has 2 aromatic heterocycles. The van der Waals surface area contributed by atoms with Crippen molar-refractivity contribution in [1.29, 1.82) is 0 Å². The molecule has 5 N–H and O–H groups in total. The third kappa shape index (κ3) is 6.40. The minimum absolute atomic E-state index is 0.153. The van der Waals surface area contributed by atoms with Crippen LogP contribution in [0.25, 0.3) is 22.3 Å². The van der Waals surface area contributed by atoms with E-state index in [1.807, 2.05) is 24.3 Å². The van der Waals surface area contributed by atoms with Gasteiger partial charge in [0.15, 0.2) is 5.65 Å².